The molecule has 0 aromatic carbocycles. The van der Waals surface area contributed by atoms with E-state index in [1.807, 2.05) is 12.1 Å². The number of nitrogens with one attached hydrogen (secondary N) is 1. The fourth-order valence-electron chi connectivity index (χ4n) is 2.46. The predicted molar refractivity (Wildman–Crippen MR) is 89.2 cm³/mol. The van der Waals surface area contributed by atoms with E-state index < -0.39 is 0 Å². The monoisotopic (exact) mass is 328 g/mol. The van der Waals surface area contributed by atoms with E-state index in [1.54, 1.807) is 31.6 Å². The summed E-state index contributed by atoms with van der Waals surface area (Å²) in [5, 5.41) is 2.87. The molecule has 0 unspecified atom stereocenters. The van der Waals surface area contributed by atoms with Crippen LogP contribution in [0.1, 0.15) is 15.9 Å². The zero-order chi connectivity index (χ0) is 16.8. The predicted octanol–water partition coefficient (Wildman–Crippen LogP) is 1.25. The standard InChI is InChI=1S/C17H20N4O3/c1-23-16-10-13(4-5-18-16)11-20-17(22)14-2-3-15(19-12-14)21-6-8-24-9-7-21/h2-5,10,12H,6-9,11H2,1H3,(H,20,22). The summed E-state index contributed by atoms with van der Waals surface area (Å²) in [4.78, 5) is 22.8. The van der Waals surface area contributed by atoms with Crippen LogP contribution in [0.15, 0.2) is 36.7 Å². The highest BCUT2D eigenvalue weighted by Gasteiger charge is 2.13. The second-order valence-corrected chi connectivity index (χ2v) is 5.39. The number of anilines is 1. The van der Waals surface area contributed by atoms with Gasteiger partial charge in [0.1, 0.15) is 5.82 Å². The molecule has 1 aliphatic rings. The van der Waals surface area contributed by atoms with Gasteiger partial charge in [-0.1, -0.05) is 0 Å². The van der Waals surface area contributed by atoms with E-state index in [-0.39, 0.29) is 5.91 Å². The Morgan fingerprint density at radius 3 is 2.83 bits per heavy atom. The van der Waals surface area contributed by atoms with Crippen LogP contribution < -0.4 is 15.0 Å². The van der Waals surface area contributed by atoms with Crippen LogP contribution >= 0.6 is 0 Å². The number of nitrogens with zero attached hydrogens (tertiary/aromatic N) is 3. The summed E-state index contributed by atoms with van der Waals surface area (Å²) >= 11 is 0. The first-order valence-corrected chi connectivity index (χ1v) is 7.82. The van der Waals surface area contributed by atoms with Crippen molar-refractivity contribution in [3.05, 3.63) is 47.8 Å². The first kappa shape index (κ1) is 16.2. The van der Waals surface area contributed by atoms with Crippen molar-refractivity contribution in [1.29, 1.82) is 0 Å². The highest BCUT2D eigenvalue weighted by Crippen LogP contribution is 2.13. The number of hydrogen-bond donors (Lipinski definition) is 1. The third kappa shape index (κ3) is 3.99. The molecule has 126 valence electrons. The lowest BCUT2D eigenvalue weighted by Gasteiger charge is -2.27. The summed E-state index contributed by atoms with van der Waals surface area (Å²) < 4.78 is 10.4. The Hall–Kier alpha value is -2.67. The zero-order valence-electron chi connectivity index (χ0n) is 13.6. The van der Waals surface area contributed by atoms with E-state index in [9.17, 15) is 4.79 Å². The van der Waals surface area contributed by atoms with Crippen LogP contribution in [-0.2, 0) is 11.3 Å². The van der Waals surface area contributed by atoms with E-state index in [0.717, 1.165) is 24.5 Å². The highest BCUT2D eigenvalue weighted by atomic mass is 16.5. The van der Waals surface area contributed by atoms with Gasteiger partial charge in [-0.15, -0.1) is 0 Å². The molecule has 3 rings (SSSR count). The van der Waals surface area contributed by atoms with E-state index >= 15 is 0 Å². The van der Waals surface area contributed by atoms with Crippen molar-refractivity contribution in [1.82, 2.24) is 15.3 Å². The summed E-state index contributed by atoms with van der Waals surface area (Å²) in [5.74, 6) is 1.24. The molecule has 0 radical (unpaired) electrons. The number of methoxy groups -OCH3 is 1. The topological polar surface area (TPSA) is 76.6 Å². The van der Waals surface area contributed by atoms with Crippen LogP contribution in [0.2, 0.25) is 0 Å². The summed E-state index contributed by atoms with van der Waals surface area (Å²) in [7, 11) is 1.56. The first-order chi connectivity index (χ1) is 11.8. The van der Waals surface area contributed by atoms with Crippen molar-refractivity contribution in [2.24, 2.45) is 0 Å². The molecule has 0 bridgehead atoms. The molecule has 1 saturated heterocycles. The molecule has 24 heavy (non-hydrogen) atoms. The van der Waals surface area contributed by atoms with Crippen LogP contribution in [-0.4, -0.2) is 49.3 Å². The molecule has 1 N–H and O–H groups in total. The summed E-state index contributed by atoms with van der Waals surface area (Å²) in [6, 6.07) is 7.29. The molecule has 0 aliphatic carbocycles. The van der Waals surface area contributed by atoms with Gasteiger partial charge in [-0.3, -0.25) is 4.79 Å². The number of amides is 1. The molecule has 2 aromatic rings. The zero-order valence-corrected chi connectivity index (χ0v) is 13.6. The highest BCUT2D eigenvalue weighted by molar-refractivity contribution is 5.94. The summed E-state index contributed by atoms with van der Waals surface area (Å²) in [6.45, 7) is 3.46. The minimum atomic E-state index is -0.160. The molecule has 1 amide bonds. The number of hydrogen-bond acceptors (Lipinski definition) is 6. The molecule has 7 nitrogen and oxygen atoms in total. The quantitative estimate of drug-likeness (QED) is 0.890. The average molecular weight is 328 g/mol. The lowest BCUT2D eigenvalue weighted by molar-refractivity contribution is 0.0950. The molecule has 7 heteroatoms. The van der Waals surface area contributed by atoms with Gasteiger partial charge in [0.25, 0.3) is 5.91 Å². The van der Waals surface area contributed by atoms with E-state index in [2.05, 4.69) is 20.2 Å². The van der Waals surface area contributed by atoms with Gasteiger partial charge in [0, 0.05) is 38.1 Å². The number of carbonyl (C=O) groups is 1. The van der Waals surface area contributed by atoms with E-state index in [4.69, 9.17) is 9.47 Å². The Balaban J connectivity index is 1.58. The molecule has 0 spiro atoms. The van der Waals surface area contributed by atoms with Crippen LogP contribution in [0, 0.1) is 0 Å². The largest absolute Gasteiger partial charge is 0.481 e. The van der Waals surface area contributed by atoms with Gasteiger partial charge < -0.3 is 19.7 Å². The Labute approximate surface area is 140 Å². The van der Waals surface area contributed by atoms with Gasteiger partial charge >= 0.3 is 0 Å². The van der Waals surface area contributed by atoms with Gasteiger partial charge in [-0.25, -0.2) is 9.97 Å². The lowest BCUT2D eigenvalue weighted by Crippen LogP contribution is -2.36. The SMILES string of the molecule is COc1cc(CNC(=O)c2ccc(N3CCOCC3)nc2)ccn1. The van der Waals surface area contributed by atoms with Gasteiger partial charge in [-0.2, -0.15) is 0 Å². The van der Waals surface area contributed by atoms with E-state index in [1.165, 1.54) is 0 Å². The molecule has 2 aromatic heterocycles. The first-order valence-electron chi connectivity index (χ1n) is 7.82. The molecule has 1 aliphatic heterocycles. The number of aromatic nitrogens is 2. The maximum atomic E-state index is 12.2. The second kappa shape index (κ2) is 7.74. The van der Waals surface area contributed by atoms with Crippen molar-refractivity contribution in [2.75, 3.05) is 38.3 Å². The Bertz CT molecular complexity index is 684. The molecule has 0 atom stereocenters. The van der Waals surface area contributed by atoms with E-state index in [0.29, 0.717) is 31.2 Å². The Morgan fingerprint density at radius 1 is 1.29 bits per heavy atom. The third-order valence-corrected chi connectivity index (χ3v) is 3.81. The number of morpholine rings is 1. The number of ether oxygens (including phenoxy) is 2. The normalized spacial score (nSPS) is 14.3. The minimum absolute atomic E-state index is 0.160. The van der Waals surface area contributed by atoms with Crippen molar-refractivity contribution in [3.8, 4) is 5.88 Å². The summed E-state index contributed by atoms with van der Waals surface area (Å²) in [6.07, 6.45) is 3.26. The minimum Gasteiger partial charge on any atom is -0.481 e. The Morgan fingerprint density at radius 2 is 2.12 bits per heavy atom. The average Bonchev–Trinajstić information content (AvgIpc) is 2.67. The molecular formula is C17H20N4O3. The molecular weight excluding hydrogens is 308 g/mol. The van der Waals surface area contributed by atoms with Gasteiger partial charge in [0.15, 0.2) is 0 Å². The van der Waals surface area contributed by atoms with Crippen molar-refractivity contribution in [3.63, 3.8) is 0 Å². The maximum absolute atomic E-state index is 12.2. The number of carbonyl (C=O) groups excluding carboxylic acids is 1. The molecule has 0 saturated carbocycles. The van der Waals surface area contributed by atoms with Gasteiger partial charge in [-0.05, 0) is 23.8 Å². The summed E-state index contributed by atoms with van der Waals surface area (Å²) in [5.41, 5.74) is 1.46. The molecule has 3 heterocycles. The van der Waals surface area contributed by atoms with Crippen molar-refractivity contribution >= 4 is 11.7 Å². The Kier molecular flexibility index (Phi) is 5.22. The fraction of sp³-hybridized carbons (Fsp3) is 0.353. The third-order valence-electron chi connectivity index (χ3n) is 3.81. The smallest absolute Gasteiger partial charge is 0.253 e. The van der Waals surface area contributed by atoms with Gasteiger partial charge in [0.2, 0.25) is 5.88 Å². The van der Waals surface area contributed by atoms with Crippen LogP contribution in [0.4, 0.5) is 5.82 Å². The fourth-order valence-corrected chi connectivity index (χ4v) is 2.46. The van der Waals surface area contributed by atoms with Crippen LogP contribution in [0.3, 0.4) is 0 Å². The number of pyridine rings is 2. The second-order valence-electron chi connectivity index (χ2n) is 5.39. The maximum Gasteiger partial charge on any atom is 0.253 e. The lowest BCUT2D eigenvalue weighted by atomic mass is 10.2. The number of rotatable bonds is 5. The van der Waals surface area contributed by atoms with Crippen molar-refractivity contribution in [2.45, 2.75) is 6.54 Å². The van der Waals surface area contributed by atoms with Gasteiger partial charge in [0.05, 0.1) is 25.9 Å². The van der Waals surface area contributed by atoms with Crippen molar-refractivity contribution < 1.29 is 14.3 Å². The van der Waals surface area contributed by atoms with Crippen LogP contribution in [0.25, 0.3) is 0 Å². The molecule has 1 fully saturated rings. The van der Waals surface area contributed by atoms with Crippen LogP contribution in [0.5, 0.6) is 5.88 Å².